The average molecular weight is 408 g/mol. The van der Waals surface area contributed by atoms with Crippen molar-refractivity contribution in [1.82, 2.24) is 34.3 Å². The molecule has 30 heavy (non-hydrogen) atoms. The van der Waals surface area contributed by atoms with Crippen molar-refractivity contribution in [3.8, 4) is 5.69 Å². The molecule has 1 aliphatic rings. The lowest BCUT2D eigenvalue weighted by atomic mass is 10.1. The van der Waals surface area contributed by atoms with E-state index >= 15 is 0 Å². The van der Waals surface area contributed by atoms with Crippen LogP contribution < -0.4 is 0 Å². The number of aromatic nitrogens is 5. The molecule has 8 heteroatoms. The van der Waals surface area contributed by atoms with Gasteiger partial charge in [0.15, 0.2) is 5.69 Å². The second kappa shape index (κ2) is 8.39. The van der Waals surface area contributed by atoms with E-state index in [-0.39, 0.29) is 11.9 Å². The highest BCUT2D eigenvalue weighted by molar-refractivity contribution is 5.93. The molecule has 3 aromatic rings. The van der Waals surface area contributed by atoms with E-state index in [0.717, 1.165) is 36.8 Å². The molecule has 158 valence electrons. The van der Waals surface area contributed by atoms with Gasteiger partial charge in [0, 0.05) is 44.6 Å². The minimum atomic E-state index is -0.0487. The van der Waals surface area contributed by atoms with Gasteiger partial charge in [0.2, 0.25) is 0 Å². The Hall–Kier alpha value is -3.00. The van der Waals surface area contributed by atoms with Gasteiger partial charge in [-0.2, -0.15) is 0 Å². The van der Waals surface area contributed by atoms with E-state index < -0.39 is 0 Å². The Morgan fingerprint density at radius 3 is 2.63 bits per heavy atom. The van der Waals surface area contributed by atoms with E-state index in [4.69, 9.17) is 0 Å². The minimum Gasteiger partial charge on any atom is -0.334 e. The number of benzene rings is 1. The third-order valence-corrected chi connectivity index (χ3v) is 5.91. The van der Waals surface area contributed by atoms with Gasteiger partial charge in [-0.05, 0) is 39.8 Å². The Labute approximate surface area is 177 Å². The summed E-state index contributed by atoms with van der Waals surface area (Å²) in [4.78, 5) is 21.9. The number of imidazole rings is 1. The van der Waals surface area contributed by atoms with Crippen molar-refractivity contribution < 1.29 is 4.79 Å². The Bertz CT molecular complexity index is 1020. The fraction of sp³-hybridized carbons (Fsp3) is 0.455. The number of hydrogen-bond acceptors (Lipinski definition) is 5. The van der Waals surface area contributed by atoms with Crippen LogP contribution in [0.15, 0.2) is 36.7 Å². The number of carbonyl (C=O) groups excluding carboxylic acids is 1. The maximum absolute atomic E-state index is 13.2. The maximum atomic E-state index is 13.2. The van der Waals surface area contributed by atoms with Gasteiger partial charge in [0.1, 0.15) is 5.82 Å². The van der Waals surface area contributed by atoms with E-state index in [1.54, 1.807) is 4.68 Å². The highest BCUT2D eigenvalue weighted by Crippen LogP contribution is 2.18. The standard InChI is InChI=1S/C22H29N7O/c1-5-26-11-10-23-20(26)15-27-12-13-28(14-17(27)3)22(30)21-18(4)29(25-24-21)19-8-6-16(2)7-9-19/h6-11,17H,5,12-15H2,1-4H3/t17-/m1/s1. The Morgan fingerprint density at radius 2 is 1.93 bits per heavy atom. The predicted octanol–water partition coefficient (Wildman–Crippen LogP) is 2.45. The normalized spacial score (nSPS) is 17.5. The molecule has 1 amide bonds. The molecule has 0 spiro atoms. The van der Waals surface area contributed by atoms with Crippen molar-refractivity contribution in [2.24, 2.45) is 0 Å². The van der Waals surface area contributed by atoms with E-state index in [2.05, 4.69) is 38.6 Å². The number of amides is 1. The van der Waals surface area contributed by atoms with E-state index in [1.165, 1.54) is 5.56 Å². The van der Waals surface area contributed by atoms with Crippen LogP contribution in [-0.2, 0) is 13.1 Å². The monoisotopic (exact) mass is 407 g/mol. The first-order chi connectivity index (χ1) is 14.5. The van der Waals surface area contributed by atoms with Gasteiger partial charge in [-0.25, -0.2) is 9.67 Å². The molecule has 1 saturated heterocycles. The molecule has 8 nitrogen and oxygen atoms in total. The van der Waals surface area contributed by atoms with Crippen molar-refractivity contribution in [3.05, 3.63) is 59.4 Å². The quantitative estimate of drug-likeness (QED) is 0.650. The Balaban J connectivity index is 1.44. The van der Waals surface area contributed by atoms with Crippen LogP contribution >= 0.6 is 0 Å². The summed E-state index contributed by atoms with van der Waals surface area (Å²) >= 11 is 0. The van der Waals surface area contributed by atoms with Gasteiger partial charge >= 0.3 is 0 Å². The predicted molar refractivity (Wildman–Crippen MR) is 115 cm³/mol. The first-order valence-corrected chi connectivity index (χ1v) is 10.5. The summed E-state index contributed by atoms with van der Waals surface area (Å²) in [6, 6.07) is 8.29. The van der Waals surface area contributed by atoms with Crippen LogP contribution in [0.2, 0.25) is 0 Å². The Kier molecular flexibility index (Phi) is 5.67. The minimum absolute atomic E-state index is 0.0487. The topological polar surface area (TPSA) is 72.1 Å². The summed E-state index contributed by atoms with van der Waals surface area (Å²) in [6.45, 7) is 12.1. The SMILES string of the molecule is CCn1ccnc1CN1CCN(C(=O)c2nnn(-c3ccc(C)cc3)c2C)C[C@H]1C. The largest absolute Gasteiger partial charge is 0.334 e. The smallest absolute Gasteiger partial charge is 0.276 e. The molecular weight excluding hydrogens is 378 g/mol. The third-order valence-electron chi connectivity index (χ3n) is 5.91. The zero-order chi connectivity index (χ0) is 21.3. The number of rotatable bonds is 5. The second-order valence-corrected chi connectivity index (χ2v) is 7.97. The highest BCUT2D eigenvalue weighted by Gasteiger charge is 2.30. The van der Waals surface area contributed by atoms with Crippen LogP contribution in [0, 0.1) is 13.8 Å². The molecule has 0 aliphatic carbocycles. The van der Waals surface area contributed by atoms with E-state index in [0.29, 0.717) is 18.8 Å². The molecule has 1 aromatic carbocycles. The van der Waals surface area contributed by atoms with Crippen molar-refractivity contribution in [2.75, 3.05) is 19.6 Å². The van der Waals surface area contributed by atoms with E-state index in [9.17, 15) is 4.79 Å². The maximum Gasteiger partial charge on any atom is 0.276 e. The van der Waals surface area contributed by atoms with Crippen LogP contribution in [0.4, 0.5) is 0 Å². The molecule has 1 aliphatic heterocycles. The number of hydrogen-bond donors (Lipinski definition) is 0. The van der Waals surface area contributed by atoms with Gasteiger partial charge in [-0.3, -0.25) is 9.69 Å². The molecular formula is C22H29N7O. The lowest BCUT2D eigenvalue weighted by Crippen LogP contribution is -2.53. The van der Waals surface area contributed by atoms with E-state index in [1.807, 2.05) is 55.4 Å². The van der Waals surface area contributed by atoms with Crippen molar-refractivity contribution in [2.45, 2.75) is 46.8 Å². The van der Waals surface area contributed by atoms with Gasteiger partial charge < -0.3 is 9.47 Å². The van der Waals surface area contributed by atoms with Crippen LogP contribution in [0.5, 0.6) is 0 Å². The molecule has 2 aromatic heterocycles. The van der Waals surface area contributed by atoms with Crippen LogP contribution in [0.1, 0.15) is 41.4 Å². The summed E-state index contributed by atoms with van der Waals surface area (Å²) in [5.41, 5.74) is 3.29. The van der Waals surface area contributed by atoms with Crippen LogP contribution in [-0.4, -0.2) is 65.9 Å². The second-order valence-electron chi connectivity index (χ2n) is 7.97. The molecule has 0 radical (unpaired) electrons. The summed E-state index contributed by atoms with van der Waals surface area (Å²) in [5.74, 6) is 1.02. The van der Waals surface area contributed by atoms with Crippen molar-refractivity contribution >= 4 is 5.91 Å². The zero-order valence-corrected chi connectivity index (χ0v) is 18.1. The zero-order valence-electron chi connectivity index (χ0n) is 18.1. The molecule has 4 rings (SSSR count). The van der Waals surface area contributed by atoms with Gasteiger partial charge in [-0.1, -0.05) is 22.9 Å². The molecule has 0 N–H and O–H groups in total. The van der Waals surface area contributed by atoms with Gasteiger partial charge in [0.25, 0.3) is 5.91 Å². The molecule has 0 saturated carbocycles. The third kappa shape index (κ3) is 3.87. The van der Waals surface area contributed by atoms with Gasteiger partial charge in [0.05, 0.1) is 17.9 Å². The fourth-order valence-electron chi connectivity index (χ4n) is 3.98. The summed E-state index contributed by atoms with van der Waals surface area (Å²) < 4.78 is 3.90. The van der Waals surface area contributed by atoms with Crippen molar-refractivity contribution in [3.63, 3.8) is 0 Å². The van der Waals surface area contributed by atoms with Gasteiger partial charge in [-0.15, -0.1) is 5.10 Å². The fourth-order valence-corrected chi connectivity index (χ4v) is 3.98. The lowest BCUT2D eigenvalue weighted by Gasteiger charge is -2.39. The summed E-state index contributed by atoms with van der Waals surface area (Å²) in [7, 11) is 0. The number of aryl methyl sites for hydroxylation is 2. The highest BCUT2D eigenvalue weighted by atomic mass is 16.2. The lowest BCUT2D eigenvalue weighted by molar-refractivity contribution is 0.0480. The first kappa shape index (κ1) is 20.3. The summed E-state index contributed by atoms with van der Waals surface area (Å²) in [6.07, 6.45) is 3.86. The molecule has 3 heterocycles. The molecule has 1 fully saturated rings. The Morgan fingerprint density at radius 1 is 1.17 bits per heavy atom. The number of piperazine rings is 1. The molecule has 1 atom stereocenters. The number of carbonyl (C=O) groups is 1. The van der Waals surface area contributed by atoms with Crippen molar-refractivity contribution in [1.29, 1.82) is 0 Å². The average Bonchev–Trinajstić information content (AvgIpc) is 3.35. The first-order valence-electron chi connectivity index (χ1n) is 10.5. The molecule has 0 unspecified atom stereocenters. The van der Waals surface area contributed by atoms with Crippen LogP contribution in [0.25, 0.3) is 5.69 Å². The molecule has 0 bridgehead atoms. The van der Waals surface area contributed by atoms with Crippen LogP contribution in [0.3, 0.4) is 0 Å². The number of nitrogens with zero attached hydrogens (tertiary/aromatic N) is 7. The summed E-state index contributed by atoms with van der Waals surface area (Å²) in [5, 5.41) is 8.44.